The van der Waals surface area contributed by atoms with Gasteiger partial charge >= 0.3 is 0 Å². The van der Waals surface area contributed by atoms with Crippen molar-refractivity contribution in [3.05, 3.63) is 0 Å². The van der Waals surface area contributed by atoms with Gasteiger partial charge in [0.2, 0.25) is 11.5 Å². The number of hydrogen-bond acceptors (Lipinski definition) is 3. The van der Waals surface area contributed by atoms with Crippen LogP contribution in [0.5, 0.6) is 0 Å². The molecule has 0 aliphatic heterocycles. The molecule has 3 nitrogen and oxygen atoms in total. The molecule has 52 valence electrons. The number of nitrogens with one attached hydrogen (secondary N) is 1. The minimum absolute atomic E-state index is 0.0258. The van der Waals surface area contributed by atoms with Crippen LogP contribution < -0.4 is 5.32 Å². The van der Waals surface area contributed by atoms with Crippen LogP contribution >= 0.6 is 11.8 Å². The first-order chi connectivity index (χ1) is 4.22. The van der Waals surface area contributed by atoms with Crippen molar-refractivity contribution >= 4 is 23.3 Å². The Bertz CT molecular complexity index is 116. The average molecular weight is 147 g/mol. The first kappa shape index (κ1) is 8.49. The lowest BCUT2D eigenvalue weighted by molar-refractivity contribution is -0.116. The molecule has 0 aliphatic rings. The highest BCUT2D eigenvalue weighted by atomic mass is 32.2. The molecule has 0 aromatic heterocycles. The van der Waals surface area contributed by atoms with Gasteiger partial charge in [0.15, 0.2) is 0 Å². The molecule has 0 radical (unpaired) electrons. The summed E-state index contributed by atoms with van der Waals surface area (Å²) < 4.78 is 0. The van der Waals surface area contributed by atoms with Crippen LogP contribution in [0, 0.1) is 0 Å². The van der Waals surface area contributed by atoms with Gasteiger partial charge in [-0.1, -0.05) is 11.8 Å². The van der Waals surface area contributed by atoms with Crippen molar-refractivity contribution in [2.45, 2.75) is 13.0 Å². The molecule has 0 saturated heterocycles. The maximum atomic E-state index is 10.6. The van der Waals surface area contributed by atoms with Crippen LogP contribution in [0.25, 0.3) is 0 Å². The van der Waals surface area contributed by atoms with E-state index < -0.39 is 0 Å². The minimum Gasteiger partial charge on any atom is -0.348 e. The first-order valence-corrected chi connectivity index (χ1v) is 3.72. The van der Waals surface area contributed by atoms with Gasteiger partial charge < -0.3 is 5.32 Å². The number of carbonyl (C=O) groups is 2. The zero-order chi connectivity index (χ0) is 7.28. The number of thioether (sulfide) groups is 1. The molecule has 0 unspecified atom stereocenters. The van der Waals surface area contributed by atoms with E-state index in [0.29, 0.717) is 6.41 Å². The molecular weight excluding hydrogens is 138 g/mol. The Labute approximate surface area is 58.2 Å². The van der Waals surface area contributed by atoms with Gasteiger partial charge in [-0.05, 0) is 13.2 Å². The number of carbonyl (C=O) groups excluding carboxylic acids is 2. The predicted octanol–water partition coefficient (Wildman–Crippen LogP) is 0.0105. The molecule has 1 atom stereocenters. The van der Waals surface area contributed by atoms with Crippen LogP contribution in [-0.4, -0.2) is 23.8 Å². The maximum Gasteiger partial charge on any atom is 0.210 e. The maximum absolute atomic E-state index is 10.6. The second kappa shape index (κ2) is 4.38. The third kappa shape index (κ3) is 3.13. The summed E-state index contributed by atoms with van der Waals surface area (Å²) in [6.07, 6.45) is 2.21. The fourth-order valence-electron chi connectivity index (χ4n) is 0.347. The molecule has 0 heterocycles. The third-order valence-corrected chi connectivity index (χ3v) is 1.63. The Morgan fingerprint density at radius 3 is 2.67 bits per heavy atom. The summed E-state index contributed by atoms with van der Waals surface area (Å²) in [6.45, 7) is 1.65. The molecule has 4 heteroatoms. The lowest BCUT2D eigenvalue weighted by Crippen LogP contribution is -2.30. The van der Waals surface area contributed by atoms with Crippen molar-refractivity contribution in [3.8, 4) is 0 Å². The number of rotatable bonds is 3. The highest BCUT2D eigenvalue weighted by Crippen LogP contribution is 1.97. The van der Waals surface area contributed by atoms with Crippen molar-refractivity contribution in [1.82, 2.24) is 5.32 Å². The minimum atomic E-state index is -0.363. The van der Waals surface area contributed by atoms with E-state index in [4.69, 9.17) is 0 Å². The van der Waals surface area contributed by atoms with Gasteiger partial charge in [0.05, 0.1) is 6.04 Å². The summed E-state index contributed by atoms with van der Waals surface area (Å²) in [5.74, 6) is 0. The highest BCUT2D eigenvalue weighted by Gasteiger charge is 2.07. The van der Waals surface area contributed by atoms with E-state index in [9.17, 15) is 9.59 Å². The second-order valence-electron chi connectivity index (χ2n) is 1.53. The van der Waals surface area contributed by atoms with Crippen LogP contribution in [0.4, 0.5) is 0 Å². The van der Waals surface area contributed by atoms with Gasteiger partial charge in [0.1, 0.15) is 0 Å². The van der Waals surface area contributed by atoms with E-state index in [1.165, 1.54) is 0 Å². The van der Waals surface area contributed by atoms with Gasteiger partial charge in [0.25, 0.3) is 0 Å². The first-order valence-electron chi connectivity index (χ1n) is 2.50. The Morgan fingerprint density at radius 2 is 2.33 bits per heavy atom. The molecule has 1 amide bonds. The summed E-state index contributed by atoms with van der Waals surface area (Å²) in [6, 6.07) is -0.363. The lowest BCUT2D eigenvalue weighted by atomic mass is 10.4. The quantitative estimate of drug-likeness (QED) is 0.572. The van der Waals surface area contributed by atoms with Crippen LogP contribution in [0.15, 0.2) is 0 Å². The van der Waals surface area contributed by atoms with E-state index in [1.54, 1.807) is 13.2 Å². The third-order valence-electron chi connectivity index (χ3n) is 0.873. The summed E-state index contributed by atoms with van der Waals surface area (Å²) >= 11 is 1.11. The molecule has 1 N–H and O–H groups in total. The molecule has 9 heavy (non-hydrogen) atoms. The zero-order valence-corrected chi connectivity index (χ0v) is 6.20. The normalized spacial score (nSPS) is 12.2. The molecule has 0 spiro atoms. The van der Waals surface area contributed by atoms with E-state index in [0.717, 1.165) is 11.8 Å². The fourth-order valence-corrected chi connectivity index (χ4v) is 0.768. The lowest BCUT2D eigenvalue weighted by Gasteiger charge is -2.04. The van der Waals surface area contributed by atoms with Gasteiger partial charge in [-0.3, -0.25) is 9.59 Å². The summed E-state index contributed by atoms with van der Waals surface area (Å²) in [5.41, 5.74) is 0. The number of hydrogen-bond donors (Lipinski definition) is 1. The van der Waals surface area contributed by atoms with E-state index in [-0.39, 0.29) is 11.2 Å². The largest absolute Gasteiger partial charge is 0.348 e. The molecule has 0 saturated carbocycles. The van der Waals surface area contributed by atoms with E-state index >= 15 is 0 Å². The van der Waals surface area contributed by atoms with Crippen molar-refractivity contribution in [1.29, 1.82) is 0 Å². The Morgan fingerprint density at radius 1 is 1.78 bits per heavy atom. The standard InChI is InChI=1S/C5H9NO2S/c1-4(6-3-7)5(8)9-2/h3-4H,1-2H3,(H,6,7)/t4-/m0/s1. The Hall–Kier alpha value is -0.510. The SMILES string of the molecule is CSC(=O)[C@H](C)NC=O. The summed E-state index contributed by atoms with van der Waals surface area (Å²) in [4.78, 5) is 20.4. The molecule has 0 aromatic rings. The molecule has 0 bridgehead atoms. The van der Waals surface area contributed by atoms with Crippen molar-refractivity contribution in [3.63, 3.8) is 0 Å². The summed E-state index contributed by atoms with van der Waals surface area (Å²) in [7, 11) is 0. The van der Waals surface area contributed by atoms with E-state index in [1.807, 2.05) is 0 Å². The van der Waals surface area contributed by atoms with Gasteiger partial charge in [-0.15, -0.1) is 0 Å². The molecule has 0 fully saturated rings. The second-order valence-corrected chi connectivity index (χ2v) is 2.34. The smallest absolute Gasteiger partial charge is 0.210 e. The zero-order valence-electron chi connectivity index (χ0n) is 5.38. The van der Waals surface area contributed by atoms with E-state index in [2.05, 4.69) is 5.32 Å². The van der Waals surface area contributed by atoms with Crippen LogP contribution in [0.2, 0.25) is 0 Å². The number of amides is 1. The van der Waals surface area contributed by atoms with Crippen molar-refractivity contribution in [2.75, 3.05) is 6.26 Å². The van der Waals surface area contributed by atoms with Gasteiger partial charge in [-0.25, -0.2) is 0 Å². The average Bonchev–Trinajstić information content (AvgIpc) is 1.87. The van der Waals surface area contributed by atoms with Crippen LogP contribution in [-0.2, 0) is 9.59 Å². The summed E-state index contributed by atoms with van der Waals surface area (Å²) in [5, 5.41) is 2.32. The van der Waals surface area contributed by atoms with Crippen molar-refractivity contribution < 1.29 is 9.59 Å². The van der Waals surface area contributed by atoms with Crippen LogP contribution in [0.1, 0.15) is 6.92 Å². The molecule has 0 rings (SSSR count). The Balaban J connectivity index is 3.58. The van der Waals surface area contributed by atoms with Crippen LogP contribution in [0.3, 0.4) is 0 Å². The van der Waals surface area contributed by atoms with Gasteiger partial charge in [0, 0.05) is 0 Å². The monoisotopic (exact) mass is 147 g/mol. The predicted molar refractivity (Wildman–Crippen MR) is 37.2 cm³/mol. The molecule has 0 aliphatic carbocycles. The molecule has 0 aromatic carbocycles. The fraction of sp³-hybridized carbons (Fsp3) is 0.600. The topological polar surface area (TPSA) is 46.2 Å². The van der Waals surface area contributed by atoms with Crippen molar-refractivity contribution in [2.24, 2.45) is 0 Å². The van der Waals surface area contributed by atoms with Gasteiger partial charge in [-0.2, -0.15) is 0 Å². The molecular formula is C5H9NO2S. The Kier molecular flexibility index (Phi) is 4.13. The highest BCUT2D eigenvalue weighted by molar-refractivity contribution is 8.13.